The van der Waals surface area contributed by atoms with Crippen LogP contribution in [0.4, 0.5) is 0 Å². The zero-order valence-electron chi connectivity index (χ0n) is 8.84. The second-order valence-electron chi connectivity index (χ2n) is 5.29. The van der Waals surface area contributed by atoms with Crippen LogP contribution in [-0.2, 0) is 0 Å². The summed E-state index contributed by atoms with van der Waals surface area (Å²) in [6.07, 6.45) is 7.96. The van der Waals surface area contributed by atoms with E-state index in [1.807, 2.05) is 0 Å². The molecule has 0 heterocycles. The second-order valence-corrected chi connectivity index (χ2v) is 5.29. The Balaban J connectivity index is 0.000000308. The average Bonchev–Trinajstić information content (AvgIpc) is 2.16. The maximum Gasteiger partial charge on any atom is -0.0381 e. The molecular weight excluding hydrogens is 156 g/mol. The first-order valence-corrected chi connectivity index (χ1v) is 5.83. The normalized spacial score (nSPS) is 51.3. The van der Waals surface area contributed by atoms with E-state index < -0.39 is 0 Å². The quantitative estimate of drug-likeness (QED) is 0.494. The van der Waals surface area contributed by atoms with Crippen LogP contribution < -0.4 is 0 Å². The molecule has 0 aromatic heterocycles. The number of hydrogen-bond donors (Lipinski definition) is 0. The Bertz CT molecular complexity index is 154. The molecule has 0 unspecified atom stereocenters. The molecular formula is C13H22. The zero-order chi connectivity index (χ0) is 9.42. The van der Waals surface area contributed by atoms with E-state index in [4.69, 9.17) is 0 Å². The lowest BCUT2D eigenvalue weighted by molar-refractivity contribution is -0.0282. The third-order valence-corrected chi connectivity index (χ3v) is 4.70. The van der Waals surface area contributed by atoms with E-state index in [1.165, 1.54) is 0 Å². The first kappa shape index (κ1) is 9.30. The lowest BCUT2D eigenvalue weighted by Gasteiger charge is -2.53. The molecule has 4 bridgehead atoms. The van der Waals surface area contributed by atoms with Crippen LogP contribution >= 0.6 is 0 Å². The van der Waals surface area contributed by atoms with Crippen LogP contribution in [0.25, 0.3) is 0 Å². The van der Waals surface area contributed by atoms with Crippen LogP contribution in [0.3, 0.4) is 0 Å². The SMILES string of the molecule is C=C.CC1C2CC3CC(C2)CC1C3. The molecule has 0 N–H and O–H groups in total. The van der Waals surface area contributed by atoms with Gasteiger partial charge in [0.05, 0.1) is 0 Å². The van der Waals surface area contributed by atoms with Gasteiger partial charge in [-0.05, 0) is 61.7 Å². The highest BCUT2D eigenvalue weighted by Crippen LogP contribution is 2.56. The Morgan fingerprint density at radius 3 is 1.54 bits per heavy atom. The van der Waals surface area contributed by atoms with Crippen molar-refractivity contribution in [1.82, 2.24) is 0 Å². The summed E-state index contributed by atoms with van der Waals surface area (Å²) in [5.74, 6) is 5.70. The first-order valence-electron chi connectivity index (χ1n) is 5.83. The molecule has 0 spiro atoms. The van der Waals surface area contributed by atoms with Gasteiger partial charge in [-0.2, -0.15) is 0 Å². The highest BCUT2D eigenvalue weighted by Gasteiger charge is 2.45. The average molecular weight is 178 g/mol. The van der Waals surface area contributed by atoms with Crippen LogP contribution in [0.1, 0.15) is 39.0 Å². The van der Waals surface area contributed by atoms with Crippen molar-refractivity contribution in [3.05, 3.63) is 13.2 Å². The van der Waals surface area contributed by atoms with E-state index in [9.17, 15) is 0 Å². The third kappa shape index (κ3) is 1.45. The summed E-state index contributed by atoms with van der Waals surface area (Å²) in [4.78, 5) is 0. The van der Waals surface area contributed by atoms with Crippen molar-refractivity contribution < 1.29 is 0 Å². The van der Waals surface area contributed by atoms with E-state index in [-0.39, 0.29) is 0 Å². The Labute approximate surface area is 82.4 Å². The fourth-order valence-electron chi connectivity index (χ4n) is 4.20. The maximum atomic E-state index is 3.00. The standard InChI is InChI=1S/C11H18.C2H4/c1-7-10-3-8-2-9(5-10)6-11(7)4-8;1-2/h7-11H,2-6H2,1H3;1-2H2. The fourth-order valence-corrected chi connectivity index (χ4v) is 4.20. The molecule has 4 rings (SSSR count). The summed E-state index contributed by atoms with van der Waals surface area (Å²) in [7, 11) is 0. The van der Waals surface area contributed by atoms with Gasteiger partial charge in [0.25, 0.3) is 0 Å². The van der Waals surface area contributed by atoms with Gasteiger partial charge in [-0.1, -0.05) is 6.92 Å². The summed E-state index contributed by atoms with van der Waals surface area (Å²) in [6, 6.07) is 0. The van der Waals surface area contributed by atoms with E-state index in [2.05, 4.69) is 20.1 Å². The summed E-state index contributed by atoms with van der Waals surface area (Å²) < 4.78 is 0. The molecule has 0 saturated heterocycles. The van der Waals surface area contributed by atoms with Crippen molar-refractivity contribution in [2.45, 2.75) is 39.0 Å². The molecule has 0 aliphatic heterocycles. The molecule has 0 nitrogen and oxygen atoms in total. The van der Waals surface area contributed by atoms with Crippen molar-refractivity contribution in [3.8, 4) is 0 Å². The molecule has 13 heavy (non-hydrogen) atoms. The summed E-state index contributed by atoms with van der Waals surface area (Å²) in [5, 5.41) is 0. The smallest absolute Gasteiger partial charge is 0.0381 e. The third-order valence-electron chi connectivity index (χ3n) is 4.70. The van der Waals surface area contributed by atoms with Gasteiger partial charge in [-0.25, -0.2) is 0 Å². The minimum atomic E-state index is 1.09. The van der Waals surface area contributed by atoms with Crippen LogP contribution in [-0.4, -0.2) is 0 Å². The van der Waals surface area contributed by atoms with Gasteiger partial charge in [0.2, 0.25) is 0 Å². The van der Waals surface area contributed by atoms with Gasteiger partial charge in [-0.15, -0.1) is 13.2 Å². The van der Waals surface area contributed by atoms with E-state index in [0.717, 1.165) is 29.6 Å². The summed E-state index contributed by atoms with van der Waals surface area (Å²) in [6.45, 7) is 8.51. The molecule has 0 aromatic carbocycles. The minimum Gasteiger partial charge on any atom is -0.106 e. The number of hydrogen-bond acceptors (Lipinski definition) is 0. The van der Waals surface area contributed by atoms with Crippen molar-refractivity contribution in [1.29, 1.82) is 0 Å². The van der Waals surface area contributed by atoms with Crippen LogP contribution in [0.15, 0.2) is 13.2 Å². The van der Waals surface area contributed by atoms with Gasteiger partial charge in [0.1, 0.15) is 0 Å². The molecule has 4 aliphatic rings. The number of rotatable bonds is 0. The summed E-state index contributed by atoms with van der Waals surface area (Å²) >= 11 is 0. The molecule has 0 atom stereocenters. The zero-order valence-corrected chi connectivity index (χ0v) is 8.84. The highest BCUT2D eigenvalue weighted by atomic mass is 14.5. The maximum absolute atomic E-state index is 3.00. The van der Waals surface area contributed by atoms with Crippen molar-refractivity contribution in [3.63, 3.8) is 0 Å². The Hall–Kier alpha value is -0.260. The van der Waals surface area contributed by atoms with Gasteiger partial charge in [0.15, 0.2) is 0 Å². The second kappa shape index (κ2) is 3.48. The van der Waals surface area contributed by atoms with E-state index in [0.29, 0.717) is 0 Å². The molecule has 74 valence electrons. The predicted octanol–water partition coefficient (Wildman–Crippen LogP) is 3.88. The van der Waals surface area contributed by atoms with Crippen molar-refractivity contribution in [2.75, 3.05) is 0 Å². The minimum absolute atomic E-state index is 1.09. The molecule has 0 aromatic rings. The molecule has 4 aliphatic carbocycles. The van der Waals surface area contributed by atoms with Crippen LogP contribution in [0, 0.1) is 29.6 Å². The Kier molecular flexibility index (Phi) is 2.49. The lowest BCUT2D eigenvalue weighted by Crippen LogP contribution is -2.43. The predicted molar refractivity (Wildman–Crippen MR) is 57.5 cm³/mol. The fraction of sp³-hybridized carbons (Fsp3) is 0.846. The summed E-state index contributed by atoms with van der Waals surface area (Å²) in [5.41, 5.74) is 0. The Morgan fingerprint density at radius 2 is 1.15 bits per heavy atom. The first-order chi connectivity index (χ1) is 6.33. The van der Waals surface area contributed by atoms with Gasteiger partial charge in [-0.3, -0.25) is 0 Å². The van der Waals surface area contributed by atoms with Crippen molar-refractivity contribution >= 4 is 0 Å². The van der Waals surface area contributed by atoms with Gasteiger partial charge in [0, 0.05) is 0 Å². The largest absolute Gasteiger partial charge is 0.106 e. The van der Waals surface area contributed by atoms with Crippen molar-refractivity contribution in [2.24, 2.45) is 29.6 Å². The Morgan fingerprint density at radius 1 is 0.769 bits per heavy atom. The molecule has 4 saturated carbocycles. The molecule has 0 amide bonds. The topological polar surface area (TPSA) is 0 Å². The highest BCUT2D eigenvalue weighted by molar-refractivity contribution is 4.96. The molecule has 0 radical (unpaired) electrons. The van der Waals surface area contributed by atoms with Gasteiger partial charge >= 0.3 is 0 Å². The van der Waals surface area contributed by atoms with E-state index in [1.54, 1.807) is 32.1 Å². The van der Waals surface area contributed by atoms with E-state index >= 15 is 0 Å². The van der Waals surface area contributed by atoms with Crippen LogP contribution in [0.5, 0.6) is 0 Å². The monoisotopic (exact) mass is 178 g/mol. The molecule has 0 heteroatoms. The van der Waals surface area contributed by atoms with Crippen LogP contribution in [0.2, 0.25) is 0 Å². The molecule has 4 fully saturated rings. The lowest BCUT2D eigenvalue weighted by atomic mass is 9.52. The van der Waals surface area contributed by atoms with Gasteiger partial charge < -0.3 is 0 Å².